The molecular weight excluding hydrogens is 389 g/mol. The zero-order valence-corrected chi connectivity index (χ0v) is 14.7. The normalized spacial score (nSPS) is 19.9. The molecule has 0 unspecified atom stereocenters. The first-order valence-electron chi connectivity index (χ1n) is 7.75. The second-order valence-corrected chi connectivity index (χ2v) is 6.39. The van der Waals surface area contributed by atoms with Gasteiger partial charge in [0, 0.05) is 17.2 Å². The summed E-state index contributed by atoms with van der Waals surface area (Å²) in [5.74, 6) is -0.895. The molecule has 2 aromatic rings. The third-order valence-electron chi connectivity index (χ3n) is 3.84. The highest BCUT2D eigenvalue weighted by Crippen LogP contribution is 2.40. The smallest absolute Gasteiger partial charge is 0.438 e. The molecule has 1 amide bonds. The van der Waals surface area contributed by atoms with Crippen molar-refractivity contribution in [2.75, 3.05) is 0 Å². The van der Waals surface area contributed by atoms with Gasteiger partial charge in [0.2, 0.25) is 0 Å². The molecule has 1 aromatic carbocycles. The Morgan fingerprint density at radius 3 is 2.63 bits per heavy atom. The van der Waals surface area contributed by atoms with E-state index in [1.165, 1.54) is 19.1 Å². The molecular formula is C17H14ClF3N2O4. The number of rotatable bonds is 4. The molecule has 0 fully saturated rings. The maximum Gasteiger partial charge on any atom is 0.438 e. The van der Waals surface area contributed by atoms with E-state index in [-0.39, 0.29) is 23.1 Å². The lowest BCUT2D eigenvalue weighted by molar-refractivity contribution is -0.297. The number of ether oxygens (including phenoxy) is 1. The van der Waals surface area contributed by atoms with E-state index in [0.29, 0.717) is 10.8 Å². The average molecular weight is 403 g/mol. The maximum absolute atomic E-state index is 13.2. The number of amides is 1. The van der Waals surface area contributed by atoms with Gasteiger partial charge < -0.3 is 14.3 Å². The van der Waals surface area contributed by atoms with E-state index >= 15 is 0 Å². The minimum absolute atomic E-state index is 0.00496. The van der Waals surface area contributed by atoms with Crippen molar-refractivity contribution in [1.29, 1.82) is 0 Å². The Morgan fingerprint density at radius 2 is 2.00 bits per heavy atom. The van der Waals surface area contributed by atoms with E-state index in [9.17, 15) is 23.1 Å². The number of hydrogen-bond donors (Lipinski definition) is 1. The van der Waals surface area contributed by atoms with Crippen LogP contribution < -0.4 is 4.74 Å². The average Bonchev–Trinajstić information content (AvgIpc) is 3.18. The van der Waals surface area contributed by atoms with Crippen molar-refractivity contribution in [3.05, 3.63) is 52.9 Å². The molecule has 1 aromatic heterocycles. The second kappa shape index (κ2) is 6.90. The van der Waals surface area contributed by atoms with Gasteiger partial charge >= 0.3 is 12.1 Å². The summed E-state index contributed by atoms with van der Waals surface area (Å²) in [6.45, 7) is 1.23. The Labute approximate surface area is 156 Å². The molecule has 0 saturated heterocycles. The number of aliphatic hydroxyl groups is 1. The molecule has 2 heterocycles. The van der Waals surface area contributed by atoms with Crippen molar-refractivity contribution in [3.63, 3.8) is 0 Å². The molecule has 144 valence electrons. The van der Waals surface area contributed by atoms with Crippen molar-refractivity contribution in [2.24, 2.45) is 5.10 Å². The minimum Gasteiger partial charge on any atom is -0.486 e. The van der Waals surface area contributed by atoms with Crippen molar-refractivity contribution >= 4 is 23.2 Å². The molecule has 1 aliphatic heterocycles. The summed E-state index contributed by atoms with van der Waals surface area (Å²) in [7, 11) is 0. The number of benzene rings is 1. The van der Waals surface area contributed by atoms with E-state index in [4.69, 9.17) is 20.8 Å². The van der Waals surface area contributed by atoms with Gasteiger partial charge in [0.15, 0.2) is 5.76 Å². The Morgan fingerprint density at radius 1 is 1.33 bits per heavy atom. The number of alkyl halides is 3. The number of carbonyl (C=O) groups is 1. The van der Waals surface area contributed by atoms with Crippen LogP contribution in [0.3, 0.4) is 0 Å². The molecule has 6 nitrogen and oxygen atoms in total. The molecule has 10 heteroatoms. The van der Waals surface area contributed by atoms with Crippen LogP contribution in [0.15, 0.2) is 45.9 Å². The fraction of sp³-hybridized carbons (Fsp3) is 0.294. The Bertz CT molecular complexity index is 879. The number of nitrogens with zero attached hydrogens (tertiary/aromatic N) is 2. The second-order valence-electron chi connectivity index (χ2n) is 5.95. The maximum atomic E-state index is 13.2. The van der Waals surface area contributed by atoms with Gasteiger partial charge in [0.1, 0.15) is 18.1 Å². The van der Waals surface area contributed by atoms with Gasteiger partial charge in [-0.1, -0.05) is 11.6 Å². The Hall–Kier alpha value is -2.52. The minimum atomic E-state index is -5.07. The highest BCUT2D eigenvalue weighted by Gasteiger charge is 2.63. The highest BCUT2D eigenvalue weighted by molar-refractivity contribution is 6.30. The molecule has 0 bridgehead atoms. The Kier molecular flexibility index (Phi) is 4.92. The molecule has 1 atom stereocenters. The van der Waals surface area contributed by atoms with Gasteiger partial charge in [0.25, 0.3) is 5.72 Å². The van der Waals surface area contributed by atoms with Crippen LogP contribution in [0.25, 0.3) is 0 Å². The quantitative estimate of drug-likeness (QED) is 0.839. The third kappa shape index (κ3) is 3.79. The van der Waals surface area contributed by atoms with Gasteiger partial charge in [-0.25, -0.2) is 0 Å². The van der Waals surface area contributed by atoms with Gasteiger partial charge in [-0.05, 0) is 43.3 Å². The van der Waals surface area contributed by atoms with Crippen molar-refractivity contribution in [2.45, 2.75) is 31.9 Å². The van der Waals surface area contributed by atoms with E-state index in [0.717, 1.165) is 0 Å². The fourth-order valence-corrected chi connectivity index (χ4v) is 2.64. The molecule has 0 saturated carbocycles. The number of hydrazone groups is 1. The number of halogens is 4. The monoisotopic (exact) mass is 402 g/mol. The number of furan rings is 1. The molecule has 0 radical (unpaired) electrons. The van der Waals surface area contributed by atoms with Crippen LogP contribution in [0.5, 0.6) is 5.75 Å². The fourth-order valence-electron chi connectivity index (χ4n) is 2.51. The number of hydrogen-bond acceptors (Lipinski definition) is 5. The van der Waals surface area contributed by atoms with Gasteiger partial charge in [-0.2, -0.15) is 23.3 Å². The van der Waals surface area contributed by atoms with Crippen LogP contribution in [-0.4, -0.2) is 33.6 Å². The summed E-state index contributed by atoms with van der Waals surface area (Å²) in [5.41, 5.74) is -3.43. The third-order valence-corrected chi connectivity index (χ3v) is 4.09. The highest BCUT2D eigenvalue weighted by atomic mass is 35.5. The summed E-state index contributed by atoms with van der Waals surface area (Å²) >= 11 is 5.77. The zero-order valence-electron chi connectivity index (χ0n) is 14.0. The van der Waals surface area contributed by atoms with Crippen molar-refractivity contribution < 1.29 is 32.2 Å². The van der Waals surface area contributed by atoms with Crippen LogP contribution >= 0.6 is 11.6 Å². The van der Waals surface area contributed by atoms with E-state index in [2.05, 4.69) is 5.10 Å². The molecule has 27 heavy (non-hydrogen) atoms. The van der Waals surface area contributed by atoms with E-state index < -0.39 is 30.0 Å². The van der Waals surface area contributed by atoms with Crippen LogP contribution in [0, 0.1) is 0 Å². The summed E-state index contributed by atoms with van der Waals surface area (Å²) in [6.07, 6.45) is -5.90. The molecule has 1 N–H and O–H groups in total. The van der Waals surface area contributed by atoms with Crippen LogP contribution in [-0.2, 0) is 6.61 Å². The lowest BCUT2D eigenvalue weighted by atomic mass is 10.1. The first-order chi connectivity index (χ1) is 12.6. The van der Waals surface area contributed by atoms with Crippen LogP contribution in [0.2, 0.25) is 5.02 Å². The number of carbonyl (C=O) groups excluding carboxylic acids is 1. The summed E-state index contributed by atoms with van der Waals surface area (Å²) in [6, 6.07) is 9.09. The lowest BCUT2D eigenvalue weighted by Crippen LogP contribution is -2.56. The van der Waals surface area contributed by atoms with Crippen LogP contribution in [0.1, 0.15) is 29.7 Å². The van der Waals surface area contributed by atoms with Gasteiger partial charge in [0.05, 0.1) is 0 Å². The van der Waals surface area contributed by atoms with E-state index in [1.807, 2.05) is 0 Å². The van der Waals surface area contributed by atoms with Gasteiger partial charge in [-0.15, -0.1) is 0 Å². The van der Waals surface area contributed by atoms with E-state index in [1.54, 1.807) is 24.3 Å². The standard InChI is InChI=1S/C17H14ClF3N2O4/c1-10-8-16(25,17(19,20)21)23(22-10)15(24)14-7-6-13(27-14)9-26-12-4-2-11(18)3-5-12/h2-7,25H,8-9H2,1H3/t16-/m0/s1. The lowest BCUT2D eigenvalue weighted by Gasteiger charge is -2.32. The van der Waals surface area contributed by atoms with Crippen molar-refractivity contribution in [1.82, 2.24) is 5.01 Å². The molecule has 0 aliphatic carbocycles. The predicted molar refractivity (Wildman–Crippen MR) is 89.4 cm³/mol. The molecule has 1 aliphatic rings. The predicted octanol–water partition coefficient (Wildman–Crippen LogP) is 3.98. The first-order valence-corrected chi connectivity index (χ1v) is 8.13. The summed E-state index contributed by atoms with van der Waals surface area (Å²) < 4.78 is 50.3. The SMILES string of the molecule is CC1=NN(C(=O)c2ccc(COc3ccc(Cl)cc3)o2)[C@@](O)(C(F)(F)F)C1. The van der Waals surface area contributed by atoms with Crippen molar-refractivity contribution in [3.8, 4) is 5.75 Å². The molecule has 0 spiro atoms. The summed E-state index contributed by atoms with van der Waals surface area (Å²) in [4.78, 5) is 12.4. The first kappa shape index (κ1) is 19.2. The van der Waals surface area contributed by atoms with Gasteiger partial charge in [-0.3, -0.25) is 4.79 Å². The van der Waals surface area contributed by atoms with Crippen LogP contribution in [0.4, 0.5) is 13.2 Å². The largest absolute Gasteiger partial charge is 0.486 e. The topological polar surface area (TPSA) is 75.3 Å². The zero-order chi connectivity index (χ0) is 19.8. The molecule has 3 rings (SSSR count). The summed E-state index contributed by atoms with van der Waals surface area (Å²) in [5, 5.41) is 14.0. The Balaban J connectivity index is 1.73.